The molecule has 0 bridgehead atoms. The Labute approximate surface area is 197 Å². The van der Waals surface area contributed by atoms with Crippen LogP contribution in [0.3, 0.4) is 0 Å². The third kappa shape index (κ3) is 6.62. The molecule has 0 aromatic carbocycles. The molecule has 0 radical (unpaired) electrons. The fourth-order valence-electron chi connectivity index (χ4n) is 3.48. The van der Waals surface area contributed by atoms with E-state index in [1.165, 1.54) is 40.4 Å². The van der Waals surface area contributed by atoms with Crippen LogP contribution in [0, 0.1) is 12.3 Å². The lowest BCUT2D eigenvalue weighted by atomic mass is 9.91. The molecule has 0 atom stereocenters. The summed E-state index contributed by atoms with van der Waals surface area (Å²) < 4.78 is 2.47. The molecule has 2 heterocycles. The molecule has 0 unspecified atom stereocenters. The van der Waals surface area contributed by atoms with E-state index >= 15 is 0 Å². The van der Waals surface area contributed by atoms with Crippen LogP contribution < -0.4 is 20.1 Å². The second kappa shape index (κ2) is 10.6. The molecule has 1 aliphatic carbocycles. The van der Waals surface area contributed by atoms with Gasteiger partial charge in [-0.1, -0.05) is 32.4 Å². The number of hydrogen-bond acceptors (Lipinski definition) is 5. The fourth-order valence-corrected chi connectivity index (χ4v) is 5.40. The van der Waals surface area contributed by atoms with Crippen LogP contribution >= 0.6 is 22.7 Å². The molecule has 2 aromatic rings. The van der Waals surface area contributed by atoms with E-state index in [0.717, 1.165) is 29.0 Å². The van der Waals surface area contributed by atoms with Crippen LogP contribution in [0.2, 0.25) is 0 Å². The van der Waals surface area contributed by atoms with Gasteiger partial charge in [0.05, 0.1) is 4.53 Å². The van der Waals surface area contributed by atoms with Gasteiger partial charge in [0.15, 0.2) is 5.78 Å². The van der Waals surface area contributed by atoms with Gasteiger partial charge in [-0.3, -0.25) is 19.0 Å². The van der Waals surface area contributed by atoms with Gasteiger partial charge in [0.1, 0.15) is 11.2 Å². The highest BCUT2D eigenvalue weighted by Gasteiger charge is 2.20. The summed E-state index contributed by atoms with van der Waals surface area (Å²) in [5.74, 6) is -0.284. The zero-order valence-electron chi connectivity index (χ0n) is 19.3. The van der Waals surface area contributed by atoms with Gasteiger partial charge in [-0.2, -0.15) is 0 Å². The van der Waals surface area contributed by atoms with Crippen molar-refractivity contribution in [1.29, 1.82) is 0 Å². The minimum absolute atomic E-state index is 0.0735. The maximum atomic E-state index is 13.1. The maximum absolute atomic E-state index is 13.1. The lowest BCUT2D eigenvalue weighted by Gasteiger charge is -2.13. The molecule has 7 heteroatoms. The van der Waals surface area contributed by atoms with Gasteiger partial charge < -0.3 is 5.32 Å². The van der Waals surface area contributed by atoms with Gasteiger partial charge in [0.2, 0.25) is 5.91 Å². The Kier molecular flexibility index (Phi) is 8.06. The van der Waals surface area contributed by atoms with Crippen molar-refractivity contribution in [1.82, 2.24) is 9.88 Å². The van der Waals surface area contributed by atoms with E-state index in [-0.39, 0.29) is 23.8 Å². The molecule has 1 aliphatic rings. The van der Waals surface area contributed by atoms with Crippen LogP contribution in [0.5, 0.6) is 0 Å². The van der Waals surface area contributed by atoms with Crippen molar-refractivity contribution in [3.05, 3.63) is 53.1 Å². The summed E-state index contributed by atoms with van der Waals surface area (Å²) in [7, 11) is 0. The van der Waals surface area contributed by atoms with E-state index in [9.17, 15) is 14.4 Å². The summed E-state index contributed by atoms with van der Waals surface area (Å²) in [6.45, 7) is 8.03. The fraction of sp³-hybridized carbons (Fsp3) is 0.480. The summed E-state index contributed by atoms with van der Waals surface area (Å²) in [5.41, 5.74) is 0.603. The molecule has 0 saturated carbocycles. The second-order valence-electron chi connectivity index (χ2n) is 9.26. The minimum atomic E-state index is -0.560. The lowest BCUT2D eigenvalue weighted by Crippen LogP contribution is -2.39. The first kappa shape index (κ1) is 24.4. The Hall–Kier alpha value is -2.25. The van der Waals surface area contributed by atoms with Crippen LogP contribution in [0.1, 0.15) is 62.6 Å². The van der Waals surface area contributed by atoms with Gasteiger partial charge >= 0.3 is 0 Å². The molecule has 0 aliphatic heterocycles. The van der Waals surface area contributed by atoms with Crippen LogP contribution in [-0.2, 0) is 16.1 Å². The third-order valence-electron chi connectivity index (χ3n) is 5.42. The van der Waals surface area contributed by atoms with Gasteiger partial charge in [-0.05, 0) is 57.2 Å². The predicted octanol–water partition coefficient (Wildman–Crippen LogP) is 3.51. The number of nitrogens with one attached hydrogen (secondary N) is 1. The third-order valence-corrected chi connectivity index (χ3v) is 7.43. The number of thiophene rings is 1. The van der Waals surface area contributed by atoms with Crippen molar-refractivity contribution in [2.24, 2.45) is 5.41 Å². The number of ketones is 1. The van der Waals surface area contributed by atoms with Crippen molar-refractivity contribution in [3.63, 3.8) is 0 Å². The largest absolute Gasteiger partial charge is 0.354 e. The molecule has 3 rings (SSSR count). The van der Waals surface area contributed by atoms with Crippen LogP contribution in [-0.4, -0.2) is 22.8 Å². The molecule has 2 aromatic heterocycles. The normalized spacial score (nSPS) is 15.7. The van der Waals surface area contributed by atoms with E-state index in [2.05, 4.69) is 11.4 Å². The number of Topliss-reactive ketones (excluding diaryl/α,β-unsaturated/α-hetero) is 1. The second-order valence-corrected chi connectivity index (χ2v) is 11.6. The van der Waals surface area contributed by atoms with Gasteiger partial charge in [-0.15, -0.1) is 22.7 Å². The number of allylic oxidation sites excluding steroid dienone is 1. The molecule has 1 amide bonds. The van der Waals surface area contributed by atoms with Crippen molar-refractivity contribution >= 4 is 46.5 Å². The summed E-state index contributed by atoms with van der Waals surface area (Å²) in [6.07, 6.45) is 11.2. The number of aryl methyl sites for hydroxylation is 1. The summed E-state index contributed by atoms with van der Waals surface area (Å²) in [5, 5.41) is 2.94. The SMILES string of the molecule is Cc1ccc(/C=c2/s/c(=C\C(=O)C(C)(C)C)n(CC(=O)NCCC3=CCCCC3)c2=O)s1. The van der Waals surface area contributed by atoms with E-state index in [1.54, 1.807) is 11.3 Å². The van der Waals surface area contributed by atoms with E-state index in [0.29, 0.717) is 15.7 Å². The molecule has 5 nitrogen and oxygen atoms in total. The topological polar surface area (TPSA) is 68.2 Å². The zero-order valence-corrected chi connectivity index (χ0v) is 21.0. The van der Waals surface area contributed by atoms with Crippen molar-refractivity contribution in [2.45, 2.75) is 66.3 Å². The number of hydrogen-bond donors (Lipinski definition) is 1. The Morgan fingerprint density at radius 2 is 1.97 bits per heavy atom. The highest BCUT2D eigenvalue weighted by molar-refractivity contribution is 7.13. The number of rotatable bonds is 7. The number of thiazole rings is 1. The monoisotopic (exact) mass is 472 g/mol. The predicted molar refractivity (Wildman–Crippen MR) is 134 cm³/mol. The van der Waals surface area contributed by atoms with E-state index < -0.39 is 5.41 Å². The number of nitrogens with zero attached hydrogens (tertiary/aromatic N) is 1. The van der Waals surface area contributed by atoms with Crippen molar-refractivity contribution < 1.29 is 9.59 Å². The maximum Gasteiger partial charge on any atom is 0.269 e. The average molecular weight is 473 g/mol. The molecule has 172 valence electrons. The Morgan fingerprint density at radius 3 is 2.59 bits per heavy atom. The molecule has 0 saturated heterocycles. The quantitative estimate of drug-likeness (QED) is 0.627. The van der Waals surface area contributed by atoms with Crippen molar-refractivity contribution in [2.75, 3.05) is 6.54 Å². The molecule has 0 fully saturated rings. The lowest BCUT2D eigenvalue weighted by molar-refractivity contribution is -0.122. The number of aromatic nitrogens is 1. The van der Waals surface area contributed by atoms with E-state index in [1.807, 2.05) is 45.9 Å². The highest BCUT2D eigenvalue weighted by Crippen LogP contribution is 2.19. The van der Waals surface area contributed by atoms with Crippen LogP contribution in [0.15, 0.2) is 28.6 Å². The molecular formula is C25H32N2O3S2. The van der Waals surface area contributed by atoms with Crippen molar-refractivity contribution in [3.8, 4) is 0 Å². The van der Waals surface area contributed by atoms with Gasteiger partial charge in [-0.25, -0.2) is 0 Å². The zero-order chi connectivity index (χ0) is 23.3. The van der Waals surface area contributed by atoms with Crippen LogP contribution in [0.25, 0.3) is 12.2 Å². The number of carbonyl (C=O) groups is 2. The molecule has 0 spiro atoms. The average Bonchev–Trinajstić information content (AvgIpc) is 3.26. The molecule has 1 N–H and O–H groups in total. The highest BCUT2D eigenvalue weighted by atomic mass is 32.1. The first-order chi connectivity index (χ1) is 15.1. The molecule has 32 heavy (non-hydrogen) atoms. The standard InChI is InChI=1S/C25H32N2O3S2/c1-17-10-11-19(31-17)14-20-24(30)27(23(32-20)15-21(28)25(2,3)4)16-22(29)26-13-12-18-8-6-5-7-9-18/h8,10-11,14-15H,5-7,9,12-13,16H2,1-4H3,(H,26,29)/b20-14+,23-15-. The molecular weight excluding hydrogens is 440 g/mol. The first-order valence-corrected chi connectivity index (χ1v) is 12.8. The Bertz CT molecular complexity index is 1190. The summed E-state index contributed by atoms with van der Waals surface area (Å²) in [4.78, 5) is 40.5. The summed E-state index contributed by atoms with van der Waals surface area (Å²) >= 11 is 2.86. The van der Waals surface area contributed by atoms with Crippen LogP contribution in [0.4, 0.5) is 0 Å². The summed E-state index contributed by atoms with van der Waals surface area (Å²) in [6, 6.07) is 3.98. The van der Waals surface area contributed by atoms with E-state index in [4.69, 9.17) is 0 Å². The first-order valence-electron chi connectivity index (χ1n) is 11.1. The minimum Gasteiger partial charge on any atom is -0.354 e. The van der Waals surface area contributed by atoms with Gasteiger partial charge in [0, 0.05) is 27.8 Å². The number of amides is 1. The van der Waals surface area contributed by atoms with Gasteiger partial charge in [0.25, 0.3) is 5.56 Å². The smallest absolute Gasteiger partial charge is 0.269 e. The Balaban J connectivity index is 1.85. The number of carbonyl (C=O) groups excluding carboxylic acids is 2. The Morgan fingerprint density at radius 1 is 1.19 bits per heavy atom.